The Kier molecular flexibility index (Phi) is 6.42. The summed E-state index contributed by atoms with van der Waals surface area (Å²) in [5.74, 6) is -0.0654. The van der Waals surface area contributed by atoms with Crippen LogP contribution >= 0.6 is 58.3 Å². The molecule has 0 bridgehead atoms. The molecule has 2 aromatic rings. The number of benzene rings is 2. The monoisotopic (exact) mass is 495 g/mol. The van der Waals surface area contributed by atoms with Crippen molar-refractivity contribution < 1.29 is 4.79 Å². The average Bonchev–Trinajstić information content (AvgIpc) is 3.19. The number of amides is 1. The molecule has 2 aromatic carbocycles. The second-order valence-corrected chi connectivity index (χ2v) is 9.78. The molecule has 0 unspecified atom stereocenters. The fourth-order valence-corrected chi connectivity index (χ4v) is 5.48. The number of anilines is 1. The predicted octanol–water partition coefficient (Wildman–Crippen LogP) is 7.20. The highest BCUT2D eigenvalue weighted by molar-refractivity contribution is 8.18. The quantitative estimate of drug-likeness (QED) is 0.421. The topological polar surface area (TPSA) is 35.9 Å². The van der Waals surface area contributed by atoms with Crippen molar-refractivity contribution in [1.29, 1.82) is 0 Å². The van der Waals surface area contributed by atoms with E-state index in [1.54, 1.807) is 34.9 Å². The number of halogens is 3. The molecule has 0 spiro atoms. The number of aliphatic imine (C=N–C) groups is 1. The zero-order valence-corrected chi connectivity index (χ0v) is 19.9. The molecule has 0 atom stereocenters. The van der Waals surface area contributed by atoms with Crippen LogP contribution in [0.3, 0.4) is 0 Å². The number of carbonyl (C=O) groups is 1. The standard InChI is InChI=1S/C21H16Cl3N3OS2/c1-3-27-20(28)18(30-21(27)25-13-5-6-14(23)15(24)11-13)8-9-19-26(2)16-10-12(22)4-7-17(16)29-19/h4-11H,3H2,1-2H3. The van der Waals surface area contributed by atoms with Crippen molar-refractivity contribution in [2.24, 2.45) is 4.99 Å². The zero-order chi connectivity index (χ0) is 21.4. The Morgan fingerprint density at radius 2 is 1.83 bits per heavy atom. The van der Waals surface area contributed by atoms with E-state index < -0.39 is 0 Å². The van der Waals surface area contributed by atoms with Crippen LogP contribution < -0.4 is 4.90 Å². The van der Waals surface area contributed by atoms with Gasteiger partial charge in [0.05, 0.1) is 31.4 Å². The van der Waals surface area contributed by atoms with Crippen molar-refractivity contribution in [2.45, 2.75) is 11.8 Å². The fraction of sp³-hybridized carbons (Fsp3) is 0.143. The van der Waals surface area contributed by atoms with Gasteiger partial charge in [0.2, 0.25) is 0 Å². The maximum absolute atomic E-state index is 12.8. The number of nitrogens with zero attached hydrogens (tertiary/aromatic N) is 3. The second-order valence-electron chi connectivity index (χ2n) is 6.45. The molecule has 0 aromatic heterocycles. The first-order valence-electron chi connectivity index (χ1n) is 9.04. The molecule has 1 amide bonds. The summed E-state index contributed by atoms with van der Waals surface area (Å²) in [6.45, 7) is 2.45. The number of hydrogen-bond donors (Lipinski definition) is 0. The molecule has 2 aliphatic heterocycles. The maximum atomic E-state index is 12.8. The molecule has 0 radical (unpaired) electrons. The van der Waals surface area contributed by atoms with Crippen LogP contribution in [0.2, 0.25) is 15.1 Å². The maximum Gasteiger partial charge on any atom is 0.266 e. The van der Waals surface area contributed by atoms with Crippen LogP contribution in [0, 0.1) is 0 Å². The van der Waals surface area contributed by atoms with E-state index >= 15 is 0 Å². The summed E-state index contributed by atoms with van der Waals surface area (Å²) in [6, 6.07) is 11.0. The van der Waals surface area contributed by atoms with Gasteiger partial charge in [-0.25, -0.2) is 4.99 Å². The Balaban J connectivity index is 1.60. The lowest BCUT2D eigenvalue weighted by molar-refractivity contribution is -0.122. The summed E-state index contributed by atoms with van der Waals surface area (Å²) in [5, 5.41) is 3.23. The van der Waals surface area contributed by atoms with Crippen LogP contribution in [0.1, 0.15) is 6.92 Å². The number of likely N-dealkylation sites (N-methyl/N-ethyl adjacent to an activating group) is 1. The van der Waals surface area contributed by atoms with Gasteiger partial charge >= 0.3 is 0 Å². The van der Waals surface area contributed by atoms with Crippen LogP contribution in [0.4, 0.5) is 11.4 Å². The van der Waals surface area contributed by atoms with E-state index in [1.165, 1.54) is 11.8 Å². The lowest BCUT2D eigenvalue weighted by atomic mass is 10.3. The first-order chi connectivity index (χ1) is 14.4. The van der Waals surface area contributed by atoms with E-state index in [-0.39, 0.29) is 5.91 Å². The Hall–Kier alpha value is -1.57. The lowest BCUT2D eigenvalue weighted by Gasteiger charge is -2.13. The molecule has 0 saturated carbocycles. The SMILES string of the molecule is CCN1C(=O)C(=CC=C2Sc3ccc(Cl)cc3N2C)SC1=Nc1ccc(Cl)c(Cl)c1. The third-order valence-electron chi connectivity index (χ3n) is 4.54. The first-order valence-corrected chi connectivity index (χ1v) is 11.8. The minimum Gasteiger partial charge on any atom is -0.338 e. The molecule has 1 fully saturated rings. The minimum atomic E-state index is -0.0654. The molecular formula is C21H16Cl3N3OS2. The molecular weight excluding hydrogens is 481 g/mol. The van der Waals surface area contributed by atoms with Gasteiger partial charge in [0.25, 0.3) is 5.91 Å². The molecule has 4 nitrogen and oxygen atoms in total. The Labute approximate surface area is 198 Å². The minimum absolute atomic E-state index is 0.0654. The molecule has 1 saturated heterocycles. The molecule has 9 heteroatoms. The first kappa shape index (κ1) is 21.7. The van der Waals surface area contributed by atoms with Crippen LogP contribution in [0.15, 0.2) is 68.4 Å². The van der Waals surface area contributed by atoms with E-state index in [1.807, 2.05) is 44.3 Å². The highest BCUT2D eigenvalue weighted by Crippen LogP contribution is 2.46. The number of hydrogen-bond acceptors (Lipinski definition) is 5. The number of amidine groups is 1. The third kappa shape index (κ3) is 4.25. The number of thioether (sulfide) groups is 2. The van der Waals surface area contributed by atoms with Crippen molar-refractivity contribution >= 4 is 80.8 Å². The van der Waals surface area contributed by atoms with E-state index in [4.69, 9.17) is 34.8 Å². The van der Waals surface area contributed by atoms with E-state index in [9.17, 15) is 4.79 Å². The summed E-state index contributed by atoms with van der Waals surface area (Å²) in [4.78, 5) is 22.9. The van der Waals surface area contributed by atoms with Gasteiger partial charge in [-0.1, -0.05) is 46.6 Å². The summed E-state index contributed by atoms with van der Waals surface area (Å²) in [7, 11) is 1.98. The average molecular weight is 497 g/mol. The summed E-state index contributed by atoms with van der Waals surface area (Å²) >= 11 is 21.2. The van der Waals surface area contributed by atoms with Gasteiger partial charge in [0.15, 0.2) is 5.17 Å². The summed E-state index contributed by atoms with van der Waals surface area (Å²) in [5.41, 5.74) is 1.70. The number of fused-ring (bicyclic) bond motifs is 1. The van der Waals surface area contributed by atoms with Gasteiger partial charge in [0, 0.05) is 23.5 Å². The van der Waals surface area contributed by atoms with Crippen molar-refractivity contribution in [3.63, 3.8) is 0 Å². The van der Waals surface area contributed by atoms with Crippen LogP contribution in [0.25, 0.3) is 0 Å². The fourth-order valence-electron chi connectivity index (χ4n) is 2.98. The smallest absolute Gasteiger partial charge is 0.266 e. The van der Waals surface area contributed by atoms with Crippen LogP contribution in [0.5, 0.6) is 0 Å². The zero-order valence-electron chi connectivity index (χ0n) is 16.0. The molecule has 0 aliphatic carbocycles. The Morgan fingerprint density at radius 1 is 1.03 bits per heavy atom. The molecule has 4 rings (SSSR count). The Morgan fingerprint density at radius 3 is 2.57 bits per heavy atom. The second kappa shape index (κ2) is 8.89. The third-order valence-corrected chi connectivity index (χ3v) is 7.72. The Bertz CT molecular complexity index is 1130. The van der Waals surface area contributed by atoms with E-state index in [2.05, 4.69) is 9.89 Å². The van der Waals surface area contributed by atoms with Crippen molar-refractivity contribution in [3.05, 3.63) is 73.6 Å². The lowest BCUT2D eigenvalue weighted by Crippen LogP contribution is -2.28. The number of rotatable bonds is 3. The van der Waals surface area contributed by atoms with E-state index in [0.29, 0.717) is 37.4 Å². The molecule has 154 valence electrons. The van der Waals surface area contributed by atoms with Crippen LogP contribution in [-0.2, 0) is 4.79 Å². The van der Waals surface area contributed by atoms with Gasteiger partial charge in [-0.15, -0.1) is 0 Å². The van der Waals surface area contributed by atoms with Crippen molar-refractivity contribution in [1.82, 2.24) is 4.90 Å². The van der Waals surface area contributed by atoms with Gasteiger partial charge < -0.3 is 4.90 Å². The summed E-state index contributed by atoms with van der Waals surface area (Å²) < 4.78 is 0. The van der Waals surface area contributed by atoms with Gasteiger partial charge in [-0.05, 0) is 67.2 Å². The van der Waals surface area contributed by atoms with Gasteiger partial charge in [-0.2, -0.15) is 0 Å². The van der Waals surface area contributed by atoms with Gasteiger partial charge in [-0.3, -0.25) is 9.69 Å². The molecule has 30 heavy (non-hydrogen) atoms. The number of allylic oxidation sites excluding steroid dienone is 2. The largest absolute Gasteiger partial charge is 0.338 e. The molecule has 0 N–H and O–H groups in total. The van der Waals surface area contributed by atoms with Crippen LogP contribution in [-0.4, -0.2) is 29.6 Å². The van der Waals surface area contributed by atoms with E-state index in [0.717, 1.165) is 15.6 Å². The molecule has 2 heterocycles. The number of carbonyl (C=O) groups excluding carboxylic acids is 1. The molecule has 2 aliphatic rings. The summed E-state index contributed by atoms with van der Waals surface area (Å²) in [6.07, 6.45) is 3.80. The predicted molar refractivity (Wildman–Crippen MR) is 130 cm³/mol. The highest BCUT2D eigenvalue weighted by atomic mass is 35.5. The van der Waals surface area contributed by atoms with Crippen molar-refractivity contribution in [3.8, 4) is 0 Å². The van der Waals surface area contributed by atoms with Crippen molar-refractivity contribution in [2.75, 3.05) is 18.5 Å². The highest BCUT2D eigenvalue weighted by Gasteiger charge is 2.32. The normalized spacial score (nSPS) is 20.2. The van der Waals surface area contributed by atoms with Gasteiger partial charge in [0.1, 0.15) is 0 Å².